The summed E-state index contributed by atoms with van der Waals surface area (Å²) in [6.45, 7) is 7.72. The van der Waals surface area contributed by atoms with Crippen LogP contribution in [0.25, 0.3) is 0 Å². The van der Waals surface area contributed by atoms with Crippen molar-refractivity contribution in [3.05, 3.63) is 0 Å². The molecule has 0 aliphatic heterocycles. The van der Waals surface area contributed by atoms with E-state index in [1.165, 1.54) is 0 Å². The molecule has 4 heteroatoms. The number of rotatable bonds is 5. The van der Waals surface area contributed by atoms with Gasteiger partial charge in [-0.1, -0.05) is 6.92 Å². The van der Waals surface area contributed by atoms with E-state index in [0.29, 0.717) is 6.42 Å². The Labute approximate surface area is 84.5 Å². The highest BCUT2D eigenvalue weighted by atomic mass is 35.5. The first-order valence-electron chi connectivity index (χ1n) is 3.98. The molecule has 74 valence electrons. The summed E-state index contributed by atoms with van der Waals surface area (Å²) >= 11 is 10.7. The zero-order valence-corrected chi connectivity index (χ0v) is 9.50. The maximum Gasteiger partial charge on any atom is 0.0894 e. The molecule has 1 atom stereocenters. The molecular weight excluding hydrogens is 199 g/mol. The third-order valence-corrected chi connectivity index (χ3v) is 2.73. The van der Waals surface area contributed by atoms with Crippen LogP contribution in [0.1, 0.15) is 40.5 Å². The molecule has 0 aliphatic rings. The van der Waals surface area contributed by atoms with Crippen LogP contribution in [0, 0.1) is 0 Å². The van der Waals surface area contributed by atoms with E-state index in [9.17, 15) is 0 Å². The lowest BCUT2D eigenvalue weighted by atomic mass is 9.89. The Bertz CT molecular complexity index is 133. The van der Waals surface area contributed by atoms with Crippen molar-refractivity contribution in [2.75, 3.05) is 0 Å². The Hall–Kier alpha value is 0.500. The van der Waals surface area contributed by atoms with E-state index in [2.05, 4.69) is 0 Å². The van der Waals surface area contributed by atoms with Gasteiger partial charge in [-0.2, -0.15) is 0 Å². The van der Waals surface area contributed by atoms with Gasteiger partial charge in [-0.3, -0.25) is 8.58 Å². The fourth-order valence-electron chi connectivity index (χ4n) is 1.13. The molecule has 1 unspecified atom stereocenters. The maximum atomic E-state index is 5.37. The highest BCUT2D eigenvalue weighted by Gasteiger charge is 2.33. The van der Waals surface area contributed by atoms with Crippen LogP contribution in [0.4, 0.5) is 0 Å². The topological polar surface area (TPSA) is 18.5 Å². The zero-order valence-electron chi connectivity index (χ0n) is 7.99. The van der Waals surface area contributed by atoms with Gasteiger partial charge < -0.3 is 0 Å². The Morgan fingerprint density at radius 2 is 1.58 bits per heavy atom. The second-order valence-corrected chi connectivity index (χ2v) is 4.20. The zero-order chi connectivity index (χ0) is 9.83. The predicted octanol–water partition coefficient (Wildman–Crippen LogP) is 3.66. The van der Waals surface area contributed by atoms with E-state index < -0.39 is 5.60 Å². The summed E-state index contributed by atoms with van der Waals surface area (Å²) in [6.07, 6.45) is 1.48. The molecular formula is C8H16Cl2O2. The third kappa shape index (κ3) is 3.94. The van der Waals surface area contributed by atoms with Crippen LogP contribution in [-0.4, -0.2) is 11.2 Å². The summed E-state index contributed by atoms with van der Waals surface area (Å²) in [5.74, 6) is 0. The van der Waals surface area contributed by atoms with Crippen LogP contribution < -0.4 is 0 Å². The third-order valence-electron chi connectivity index (χ3n) is 1.94. The van der Waals surface area contributed by atoms with Gasteiger partial charge in [-0.15, -0.1) is 0 Å². The lowest BCUT2D eigenvalue weighted by molar-refractivity contribution is 0.00153. The van der Waals surface area contributed by atoms with E-state index in [-0.39, 0.29) is 5.60 Å². The fourth-order valence-corrected chi connectivity index (χ4v) is 1.35. The molecule has 0 spiro atoms. The lowest BCUT2D eigenvalue weighted by Crippen LogP contribution is -2.35. The molecule has 0 aromatic rings. The molecule has 0 radical (unpaired) electrons. The Morgan fingerprint density at radius 3 is 1.83 bits per heavy atom. The van der Waals surface area contributed by atoms with E-state index in [0.717, 1.165) is 6.42 Å². The molecule has 0 fully saturated rings. The van der Waals surface area contributed by atoms with Crippen molar-refractivity contribution in [1.82, 2.24) is 0 Å². The second-order valence-electron chi connectivity index (χ2n) is 3.89. The normalized spacial score (nSPS) is 17.5. The molecule has 0 N–H and O–H groups in total. The van der Waals surface area contributed by atoms with Crippen molar-refractivity contribution >= 4 is 23.7 Å². The summed E-state index contributed by atoms with van der Waals surface area (Å²) in [6, 6.07) is 0. The Kier molecular flexibility index (Phi) is 4.85. The Morgan fingerprint density at radius 1 is 1.08 bits per heavy atom. The first-order chi connectivity index (χ1) is 5.39. The Balaban J connectivity index is 4.20. The van der Waals surface area contributed by atoms with Gasteiger partial charge in [0.15, 0.2) is 0 Å². The highest BCUT2D eigenvalue weighted by Crippen LogP contribution is 2.30. The average molecular weight is 215 g/mol. The quantitative estimate of drug-likeness (QED) is 0.696. The minimum absolute atomic E-state index is 0.375. The van der Waals surface area contributed by atoms with Crippen LogP contribution >= 0.6 is 23.7 Å². The molecule has 0 amide bonds. The molecule has 0 aliphatic carbocycles. The van der Waals surface area contributed by atoms with Crippen LogP contribution in [0.2, 0.25) is 0 Å². The van der Waals surface area contributed by atoms with Gasteiger partial charge in [0, 0.05) is 6.42 Å². The first-order valence-corrected chi connectivity index (χ1v) is 4.60. The maximum absolute atomic E-state index is 5.37. The van der Waals surface area contributed by atoms with Crippen molar-refractivity contribution in [2.24, 2.45) is 0 Å². The summed E-state index contributed by atoms with van der Waals surface area (Å²) in [5.41, 5.74) is -0.791. The fraction of sp³-hybridized carbons (Fsp3) is 1.00. The lowest BCUT2D eigenvalue weighted by Gasteiger charge is -2.32. The van der Waals surface area contributed by atoms with Crippen LogP contribution in [0.5, 0.6) is 0 Å². The van der Waals surface area contributed by atoms with Gasteiger partial charge in [0.25, 0.3) is 0 Å². The van der Waals surface area contributed by atoms with Crippen LogP contribution in [0.3, 0.4) is 0 Å². The number of halogens is 2. The van der Waals surface area contributed by atoms with Gasteiger partial charge in [-0.25, -0.2) is 0 Å². The van der Waals surface area contributed by atoms with E-state index >= 15 is 0 Å². The molecule has 0 rings (SSSR count). The highest BCUT2D eigenvalue weighted by molar-refractivity contribution is 6.08. The molecule has 2 nitrogen and oxygen atoms in total. The van der Waals surface area contributed by atoms with Gasteiger partial charge in [0.1, 0.15) is 0 Å². The van der Waals surface area contributed by atoms with E-state index in [1.54, 1.807) is 0 Å². The first kappa shape index (κ1) is 12.5. The van der Waals surface area contributed by atoms with Gasteiger partial charge in [0.05, 0.1) is 34.9 Å². The molecule has 0 saturated carbocycles. The molecule has 0 heterocycles. The van der Waals surface area contributed by atoms with Gasteiger partial charge in [-0.05, 0) is 27.2 Å². The molecule has 0 saturated heterocycles. The largest absolute Gasteiger partial charge is 0.273 e. The molecule has 12 heavy (non-hydrogen) atoms. The number of hydrogen-bond acceptors (Lipinski definition) is 2. The number of hydrogen-bond donors (Lipinski definition) is 0. The van der Waals surface area contributed by atoms with Gasteiger partial charge >= 0.3 is 0 Å². The van der Waals surface area contributed by atoms with Crippen molar-refractivity contribution in [3.8, 4) is 0 Å². The van der Waals surface area contributed by atoms with Crippen LogP contribution in [-0.2, 0) is 8.58 Å². The monoisotopic (exact) mass is 214 g/mol. The smallest absolute Gasteiger partial charge is 0.0894 e. The molecule has 0 aromatic carbocycles. The summed E-state index contributed by atoms with van der Waals surface area (Å²) in [7, 11) is 0. The van der Waals surface area contributed by atoms with Crippen molar-refractivity contribution in [1.29, 1.82) is 0 Å². The minimum atomic E-state index is -0.415. The minimum Gasteiger partial charge on any atom is -0.273 e. The van der Waals surface area contributed by atoms with Gasteiger partial charge in [0.2, 0.25) is 0 Å². The predicted molar refractivity (Wildman–Crippen MR) is 51.3 cm³/mol. The summed E-state index contributed by atoms with van der Waals surface area (Å²) in [4.78, 5) is 0. The SMILES string of the molecule is CCC(C)(CC(C)(C)OCl)OCl. The average Bonchev–Trinajstić information content (AvgIpc) is 2.04. The summed E-state index contributed by atoms with van der Waals surface area (Å²) in [5, 5.41) is 0. The van der Waals surface area contributed by atoms with Crippen molar-refractivity contribution in [3.63, 3.8) is 0 Å². The van der Waals surface area contributed by atoms with Crippen LogP contribution in [0.15, 0.2) is 0 Å². The second kappa shape index (κ2) is 4.66. The summed E-state index contributed by atoms with van der Waals surface area (Å²) < 4.78 is 9.63. The van der Waals surface area contributed by atoms with Crippen molar-refractivity contribution in [2.45, 2.75) is 51.7 Å². The van der Waals surface area contributed by atoms with E-state index in [4.69, 9.17) is 32.3 Å². The standard InChI is InChI=1S/C8H16Cl2O2/c1-5-8(4,12-10)6-7(2,3)11-9/h5-6H2,1-4H3. The molecule has 0 bridgehead atoms. The van der Waals surface area contributed by atoms with Crippen molar-refractivity contribution < 1.29 is 8.58 Å². The van der Waals surface area contributed by atoms with E-state index in [1.807, 2.05) is 27.7 Å². The molecule has 0 aromatic heterocycles.